The highest BCUT2D eigenvalue weighted by atomic mass is 35.5. The summed E-state index contributed by atoms with van der Waals surface area (Å²) in [6.45, 7) is 6.12. The fourth-order valence-corrected chi connectivity index (χ4v) is 2.19. The van der Waals surface area contributed by atoms with Crippen molar-refractivity contribution in [2.24, 2.45) is 0 Å². The van der Waals surface area contributed by atoms with Crippen LogP contribution in [0.2, 0.25) is 10.0 Å². The Morgan fingerprint density at radius 2 is 1.90 bits per heavy atom. The van der Waals surface area contributed by atoms with Gasteiger partial charge < -0.3 is 10.0 Å². The van der Waals surface area contributed by atoms with Crippen molar-refractivity contribution in [2.45, 2.75) is 52.3 Å². The van der Waals surface area contributed by atoms with Crippen LogP contribution < -0.4 is 0 Å². The van der Waals surface area contributed by atoms with E-state index in [0.29, 0.717) is 29.4 Å². The number of nitrogens with zero attached hydrogens (tertiary/aromatic N) is 1. The summed E-state index contributed by atoms with van der Waals surface area (Å²) in [4.78, 5) is 14.0. The minimum Gasteiger partial charge on any atom is -0.393 e. The summed E-state index contributed by atoms with van der Waals surface area (Å²) in [5.74, 6) is 0.0342. The Kier molecular flexibility index (Phi) is 6.80. The molecule has 20 heavy (non-hydrogen) atoms. The van der Waals surface area contributed by atoms with Gasteiger partial charge in [0, 0.05) is 19.0 Å². The van der Waals surface area contributed by atoms with Crippen LogP contribution in [0.5, 0.6) is 0 Å². The number of aliphatic hydroxyl groups is 1. The van der Waals surface area contributed by atoms with Crippen LogP contribution in [0.4, 0.5) is 0 Å². The van der Waals surface area contributed by atoms with Crippen LogP contribution in [0.25, 0.3) is 0 Å². The van der Waals surface area contributed by atoms with E-state index in [-0.39, 0.29) is 11.9 Å². The molecule has 0 radical (unpaired) electrons. The maximum Gasteiger partial charge on any atom is 0.223 e. The van der Waals surface area contributed by atoms with Crippen LogP contribution >= 0.6 is 23.2 Å². The molecule has 112 valence electrons. The van der Waals surface area contributed by atoms with E-state index >= 15 is 0 Å². The van der Waals surface area contributed by atoms with Crippen molar-refractivity contribution in [3.63, 3.8) is 0 Å². The quantitative estimate of drug-likeness (QED) is 0.864. The second kappa shape index (κ2) is 7.87. The first-order valence-corrected chi connectivity index (χ1v) is 7.48. The first-order chi connectivity index (χ1) is 9.31. The Morgan fingerprint density at radius 3 is 2.40 bits per heavy atom. The van der Waals surface area contributed by atoms with Crippen molar-refractivity contribution in [1.82, 2.24) is 4.90 Å². The third kappa shape index (κ3) is 5.31. The summed E-state index contributed by atoms with van der Waals surface area (Å²) < 4.78 is 0. The Balaban J connectivity index is 2.76. The predicted molar refractivity (Wildman–Crippen MR) is 83.1 cm³/mol. The van der Waals surface area contributed by atoms with Crippen molar-refractivity contribution in [2.75, 3.05) is 0 Å². The summed E-state index contributed by atoms with van der Waals surface area (Å²) in [5.41, 5.74) is 0.943. The fraction of sp³-hybridized carbons (Fsp3) is 0.533. The first-order valence-electron chi connectivity index (χ1n) is 6.72. The molecule has 1 amide bonds. The molecule has 3 nitrogen and oxygen atoms in total. The molecule has 0 fully saturated rings. The molecule has 1 unspecified atom stereocenters. The predicted octanol–water partition coefficient (Wildman–Crippen LogP) is 3.89. The Bertz CT molecular complexity index is 461. The van der Waals surface area contributed by atoms with Crippen LogP contribution in [-0.2, 0) is 11.3 Å². The third-order valence-corrected chi connectivity index (χ3v) is 3.80. The number of carbonyl (C=O) groups excluding carboxylic acids is 1. The molecule has 1 rings (SSSR count). The number of carbonyl (C=O) groups is 1. The lowest BCUT2D eigenvalue weighted by atomic mass is 10.1. The zero-order valence-corrected chi connectivity index (χ0v) is 13.6. The lowest BCUT2D eigenvalue weighted by molar-refractivity contribution is -0.134. The van der Waals surface area contributed by atoms with Gasteiger partial charge in [-0.3, -0.25) is 4.79 Å². The molecule has 0 aliphatic heterocycles. The SMILES string of the molecule is CC(O)CCC(=O)N(Cc1ccc(Cl)c(Cl)c1)C(C)C. The summed E-state index contributed by atoms with van der Waals surface area (Å²) in [7, 11) is 0. The summed E-state index contributed by atoms with van der Waals surface area (Å²) in [6.07, 6.45) is 0.360. The molecule has 1 atom stereocenters. The molecule has 1 aromatic carbocycles. The third-order valence-electron chi connectivity index (χ3n) is 3.06. The van der Waals surface area contributed by atoms with Crippen LogP contribution in [0, 0.1) is 0 Å². The average molecular weight is 318 g/mol. The minimum absolute atomic E-state index is 0.0342. The summed E-state index contributed by atoms with van der Waals surface area (Å²) >= 11 is 11.9. The van der Waals surface area contributed by atoms with Gasteiger partial charge in [0.15, 0.2) is 0 Å². The zero-order chi connectivity index (χ0) is 15.3. The van der Waals surface area contributed by atoms with E-state index in [1.807, 2.05) is 19.9 Å². The number of hydrogen-bond acceptors (Lipinski definition) is 2. The number of aliphatic hydroxyl groups excluding tert-OH is 1. The highest BCUT2D eigenvalue weighted by molar-refractivity contribution is 6.42. The Hall–Kier alpha value is -0.770. The van der Waals surface area contributed by atoms with Crippen LogP contribution in [0.15, 0.2) is 18.2 Å². The van der Waals surface area contributed by atoms with Gasteiger partial charge in [-0.15, -0.1) is 0 Å². The molecule has 0 heterocycles. The molecule has 1 N–H and O–H groups in total. The van der Waals surface area contributed by atoms with Gasteiger partial charge in [-0.05, 0) is 44.9 Å². The Labute approximate surface area is 130 Å². The number of rotatable bonds is 6. The van der Waals surface area contributed by atoms with Gasteiger partial charge in [-0.2, -0.15) is 0 Å². The van der Waals surface area contributed by atoms with E-state index in [9.17, 15) is 9.90 Å². The number of amides is 1. The van der Waals surface area contributed by atoms with Crippen molar-refractivity contribution in [3.05, 3.63) is 33.8 Å². The van der Waals surface area contributed by atoms with Crippen molar-refractivity contribution in [1.29, 1.82) is 0 Å². The molecule has 0 saturated carbocycles. The van der Waals surface area contributed by atoms with E-state index in [1.54, 1.807) is 24.0 Å². The number of hydrogen-bond donors (Lipinski definition) is 1. The van der Waals surface area contributed by atoms with E-state index in [1.165, 1.54) is 0 Å². The molecule has 1 aromatic rings. The maximum absolute atomic E-state index is 12.2. The molecular weight excluding hydrogens is 297 g/mol. The van der Waals surface area contributed by atoms with Crippen LogP contribution in [0.3, 0.4) is 0 Å². The standard InChI is InChI=1S/C15H21Cl2NO2/c1-10(2)18(15(20)7-4-11(3)19)9-12-5-6-13(16)14(17)8-12/h5-6,8,10-11,19H,4,7,9H2,1-3H3. The molecular formula is C15H21Cl2NO2. The largest absolute Gasteiger partial charge is 0.393 e. The second-order valence-corrected chi connectivity index (χ2v) is 6.07. The van der Waals surface area contributed by atoms with Gasteiger partial charge in [0.2, 0.25) is 5.91 Å². The summed E-state index contributed by atoms with van der Waals surface area (Å²) in [5, 5.41) is 10.3. The van der Waals surface area contributed by atoms with Crippen molar-refractivity contribution in [3.8, 4) is 0 Å². The average Bonchev–Trinajstić information content (AvgIpc) is 2.36. The molecule has 0 saturated heterocycles. The van der Waals surface area contributed by atoms with Gasteiger partial charge in [0.25, 0.3) is 0 Å². The lowest BCUT2D eigenvalue weighted by Gasteiger charge is -2.27. The maximum atomic E-state index is 12.2. The van der Waals surface area contributed by atoms with Gasteiger partial charge >= 0.3 is 0 Å². The zero-order valence-electron chi connectivity index (χ0n) is 12.1. The Morgan fingerprint density at radius 1 is 1.25 bits per heavy atom. The van der Waals surface area contributed by atoms with E-state index in [0.717, 1.165) is 5.56 Å². The van der Waals surface area contributed by atoms with Gasteiger partial charge in [-0.25, -0.2) is 0 Å². The van der Waals surface area contributed by atoms with Gasteiger partial charge in [-0.1, -0.05) is 29.3 Å². The first kappa shape index (κ1) is 17.3. The molecule has 0 aliphatic rings. The smallest absolute Gasteiger partial charge is 0.223 e. The van der Waals surface area contributed by atoms with Crippen LogP contribution in [0.1, 0.15) is 39.2 Å². The van der Waals surface area contributed by atoms with E-state index in [2.05, 4.69) is 0 Å². The molecule has 0 aliphatic carbocycles. The van der Waals surface area contributed by atoms with E-state index < -0.39 is 6.10 Å². The molecule has 0 aromatic heterocycles. The molecule has 5 heteroatoms. The van der Waals surface area contributed by atoms with E-state index in [4.69, 9.17) is 23.2 Å². The molecule has 0 bridgehead atoms. The van der Waals surface area contributed by atoms with Crippen molar-refractivity contribution >= 4 is 29.1 Å². The normalized spacial score (nSPS) is 12.6. The topological polar surface area (TPSA) is 40.5 Å². The van der Waals surface area contributed by atoms with Gasteiger partial charge in [0.1, 0.15) is 0 Å². The summed E-state index contributed by atoms with van der Waals surface area (Å²) in [6, 6.07) is 5.47. The van der Waals surface area contributed by atoms with Gasteiger partial charge in [0.05, 0.1) is 16.1 Å². The number of benzene rings is 1. The second-order valence-electron chi connectivity index (χ2n) is 5.25. The minimum atomic E-state index is -0.460. The van der Waals surface area contributed by atoms with Crippen molar-refractivity contribution < 1.29 is 9.90 Å². The number of halogens is 2. The molecule has 0 spiro atoms. The highest BCUT2D eigenvalue weighted by Crippen LogP contribution is 2.23. The fourth-order valence-electron chi connectivity index (χ4n) is 1.87. The van der Waals surface area contributed by atoms with Crippen LogP contribution in [-0.4, -0.2) is 28.1 Å². The lowest BCUT2D eigenvalue weighted by Crippen LogP contribution is -2.36. The monoisotopic (exact) mass is 317 g/mol. The highest BCUT2D eigenvalue weighted by Gasteiger charge is 2.18.